The van der Waals surface area contributed by atoms with Crippen LogP contribution in [-0.4, -0.2) is 15.4 Å². The molecule has 0 saturated heterocycles. The molecule has 98 valence electrons. The van der Waals surface area contributed by atoms with Crippen LogP contribution in [0.5, 0.6) is 0 Å². The number of hydrogen-bond donors (Lipinski definition) is 1. The number of rotatable bonds is 6. The van der Waals surface area contributed by atoms with Gasteiger partial charge >= 0.3 is 0 Å². The lowest BCUT2D eigenvalue weighted by molar-refractivity contribution is 0.352. The van der Waals surface area contributed by atoms with Crippen molar-refractivity contribution in [3.8, 4) is 0 Å². The first kappa shape index (κ1) is 13.1. The van der Waals surface area contributed by atoms with Crippen LogP contribution in [0, 0.1) is 5.92 Å². The minimum absolute atomic E-state index is 0.546. The van der Waals surface area contributed by atoms with E-state index in [4.69, 9.17) is 0 Å². The Morgan fingerprint density at radius 3 is 2.72 bits per heavy atom. The molecule has 3 nitrogen and oxygen atoms in total. The zero-order valence-electron chi connectivity index (χ0n) is 11.6. The second-order valence-corrected chi connectivity index (χ2v) is 4.94. The van der Waals surface area contributed by atoms with Gasteiger partial charge in [0.1, 0.15) is 5.65 Å². The molecule has 0 fully saturated rings. The fourth-order valence-corrected chi connectivity index (χ4v) is 2.50. The molecule has 2 rings (SSSR count). The van der Waals surface area contributed by atoms with Gasteiger partial charge in [0.15, 0.2) is 0 Å². The fourth-order valence-electron chi connectivity index (χ4n) is 2.50. The van der Waals surface area contributed by atoms with Crippen LogP contribution in [-0.2, 0) is 6.54 Å². The Balaban J connectivity index is 1.97. The molecule has 1 N–H and O–H groups in total. The van der Waals surface area contributed by atoms with Gasteiger partial charge in [-0.3, -0.25) is 0 Å². The zero-order chi connectivity index (χ0) is 13.0. The van der Waals surface area contributed by atoms with Crippen molar-refractivity contribution in [1.29, 1.82) is 0 Å². The Morgan fingerprint density at radius 1 is 1.28 bits per heavy atom. The molecule has 0 bridgehead atoms. The summed E-state index contributed by atoms with van der Waals surface area (Å²) in [7, 11) is 0. The van der Waals surface area contributed by atoms with Crippen LogP contribution in [0.1, 0.15) is 39.3 Å². The highest BCUT2D eigenvalue weighted by molar-refractivity contribution is 5.39. The van der Waals surface area contributed by atoms with Crippen molar-refractivity contribution in [3.05, 3.63) is 36.3 Å². The van der Waals surface area contributed by atoms with Crippen LogP contribution >= 0.6 is 0 Å². The number of hydrogen-bond acceptors (Lipinski definition) is 2. The number of nitrogens with one attached hydrogen (secondary N) is 1. The summed E-state index contributed by atoms with van der Waals surface area (Å²) in [5, 5.41) is 3.59. The van der Waals surface area contributed by atoms with Gasteiger partial charge in [-0.1, -0.05) is 32.8 Å². The van der Waals surface area contributed by atoms with Gasteiger partial charge in [0.05, 0.1) is 5.69 Å². The molecule has 0 saturated carbocycles. The van der Waals surface area contributed by atoms with E-state index in [-0.39, 0.29) is 0 Å². The highest BCUT2D eigenvalue weighted by Crippen LogP contribution is 2.13. The summed E-state index contributed by atoms with van der Waals surface area (Å²) in [5.41, 5.74) is 2.13. The lowest BCUT2D eigenvalue weighted by atomic mass is 9.95. The van der Waals surface area contributed by atoms with Gasteiger partial charge in [-0.15, -0.1) is 0 Å². The van der Waals surface area contributed by atoms with Crippen molar-refractivity contribution in [2.75, 3.05) is 0 Å². The first-order valence-corrected chi connectivity index (χ1v) is 6.90. The van der Waals surface area contributed by atoms with E-state index in [1.807, 2.05) is 24.4 Å². The Hall–Kier alpha value is -1.35. The number of pyridine rings is 1. The molecule has 0 aliphatic carbocycles. The minimum atomic E-state index is 0.546. The largest absolute Gasteiger partial charge is 0.308 e. The summed E-state index contributed by atoms with van der Waals surface area (Å²) in [6.07, 6.45) is 6.60. The van der Waals surface area contributed by atoms with Crippen molar-refractivity contribution in [1.82, 2.24) is 14.7 Å². The van der Waals surface area contributed by atoms with Crippen molar-refractivity contribution in [2.45, 2.75) is 46.2 Å². The minimum Gasteiger partial charge on any atom is -0.308 e. The summed E-state index contributed by atoms with van der Waals surface area (Å²) < 4.78 is 2.07. The van der Waals surface area contributed by atoms with Gasteiger partial charge in [-0.05, 0) is 25.0 Å². The van der Waals surface area contributed by atoms with Crippen LogP contribution < -0.4 is 5.32 Å². The quantitative estimate of drug-likeness (QED) is 0.846. The summed E-state index contributed by atoms with van der Waals surface area (Å²) in [5.74, 6) is 0.752. The van der Waals surface area contributed by atoms with Crippen molar-refractivity contribution in [3.63, 3.8) is 0 Å². The molecule has 0 aromatic carbocycles. The van der Waals surface area contributed by atoms with E-state index in [2.05, 4.69) is 41.7 Å². The smallest absolute Gasteiger partial charge is 0.137 e. The summed E-state index contributed by atoms with van der Waals surface area (Å²) in [4.78, 5) is 4.60. The van der Waals surface area contributed by atoms with Crippen molar-refractivity contribution < 1.29 is 0 Å². The third-order valence-electron chi connectivity index (χ3n) is 3.77. The molecule has 2 aromatic heterocycles. The topological polar surface area (TPSA) is 29.3 Å². The van der Waals surface area contributed by atoms with Crippen LogP contribution in [0.2, 0.25) is 0 Å². The predicted octanol–water partition coefficient (Wildman–Crippen LogP) is 3.25. The molecule has 3 heteroatoms. The van der Waals surface area contributed by atoms with Gasteiger partial charge in [0.25, 0.3) is 0 Å². The monoisotopic (exact) mass is 245 g/mol. The van der Waals surface area contributed by atoms with E-state index >= 15 is 0 Å². The Labute approximate surface area is 109 Å². The second-order valence-electron chi connectivity index (χ2n) is 4.94. The number of imidazole rings is 1. The van der Waals surface area contributed by atoms with E-state index in [0.717, 1.165) is 23.8 Å². The molecule has 18 heavy (non-hydrogen) atoms. The maximum Gasteiger partial charge on any atom is 0.137 e. The molecular weight excluding hydrogens is 222 g/mol. The van der Waals surface area contributed by atoms with Gasteiger partial charge < -0.3 is 9.72 Å². The summed E-state index contributed by atoms with van der Waals surface area (Å²) in [6, 6.07) is 6.63. The Kier molecular flexibility index (Phi) is 4.37. The van der Waals surface area contributed by atoms with Crippen LogP contribution in [0.4, 0.5) is 0 Å². The van der Waals surface area contributed by atoms with Crippen LogP contribution in [0.25, 0.3) is 5.65 Å². The zero-order valence-corrected chi connectivity index (χ0v) is 11.6. The number of fused-ring (bicyclic) bond motifs is 1. The van der Waals surface area contributed by atoms with E-state index in [1.165, 1.54) is 12.8 Å². The molecule has 0 spiro atoms. The molecular formula is C15H23N3. The number of nitrogens with zero attached hydrogens (tertiary/aromatic N) is 2. The SMILES string of the molecule is CCC(CC)C(C)NCc1cn2ccccc2n1. The first-order valence-electron chi connectivity index (χ1n) is 6.90. The van der Waals surface area contributed by atoms with E-state index < -0.39 is 0 Å². The van der Waals surface area contributed by atoms with E-state index in [9.17, 15) is 0 Å². The molecule has 2 aromatic rings. The average Bonchev–Trinajstić information content (AvgIpc) is 2.80. The maximum atomic E-state index is 4.60. The Bertz CT molecular complexity index is 452. The molecule has 2 heterocycles. The van der Waals surface area contributed by atoms with Crippen LogP contribution in [0.15, 0.2) is 30.6 Å². The maximum absolute atomic E-state index is 4.60. The lowest BCUT2D eigenvalue weighted by Gasteiger charge is -2.22. The van der Waals surface area contributed by atoms with Crippen molar-refractivity contribution >= 4 is 5.65 Å². The fraction of sp³-hybridized carbons (Fsp3) is 0.533. The molecule has 0 amide bonds. The molecule has 0 aliphatic heterocycles. The summed E-state index contributed by atoms with van der Waals surface area (Å²) >= 11 is 0. The van der Waals surface area contributed by atoms with E-state index in [0.29, 0.717) is 6.04 Å². The lowest BCUT2D eigenvalue weighted by Crippen LogP contribution is -2.32. The third kappa shape index (κ3) is 2.91. The third-order valence-corrected chi connectivity index (χ3v) is 3.77. The average molecular weight is 245 g/mol. The normalized spacial score (nSPS) is 13.3. The Morgan fingerprint density at radius 2 is 2.06 bits per heavy atom. The second kappa shape index (κ2) is 6.01. The van der Waals surface area contributed by atoms with Gasteiger partial charge in [-0.25, -0.2) is 4.98 Å². The molecule has 1 unspecified atom stereocenters. The van der Waals surface area contributed by atoms with E-state index in [1.54, 1.807) is 0 Å². The molecule has 0 aliphatic rings. The highest BCUT2D eigenvalue weighted by atomic mass is 15.0. The standard InChI is InChI=1S/C15H23N3/c1-4-13(5-2)12(3)16-10-14-11-18-9-7-6-8-15(18)17-14/h6-9,11-13,16H,4-5,10H2,1-3H3. The first-order chi connectivity index (χ1) is 8.74. The van der Waals surface area contributed by atoms with Crippen LogP contribution in [0.3, 0.4) is 0 Å². The predicted molar refractivity (Wildman–Crippen MR) is 75.6 cm³/mol. The summed E-state index contributed by atoms with van der Waals surface area (Å²) in [6.45, 7) is 7.64. The van der Waals surface area contributed by atoms with Gasteiger partial charge in [0, 0.05) is 25.0 Å². The number of aromatic nitrogens is 2. The molecule has 1 atom stereocenters. The van der Waals surface area contributed by atoms with Gasteiger partial charge in [0.2, 0.25) is 0 Å². The van der Waals surface area contributed by atoms with Gasteiger partial charge in [-0.2, -0.15) is 0 Å². The van der Waals surface area contributed by atoms with Crippen molar-refractivity contribution in [2.24, 2.45) is 5.92 Å². The molecule has 0 radical (unpaired) electrons. The highest BCUT2D eigenvalue weighted by Gasteiger charge is 2.13.